The van der Waals surface area contributed by atoms with Gasteiger partial charge in [-0.15, -0.1) is 11.3 Å². The molecule has 5 nitrogen and oxygen atoms in total. The van der Waals surface area contributed by atoms with E-state index in [1.807, 2.05) is 0 Å². The van der Waals surface area contributed by atoms with Crippen molar-refractivity contribution in [1.29, 1.82) is 0 Å². The Morgan fingerprint density at radius 3 is 2.76 bits per heavy atom. The van der Waals surface area contributed by atoms with E-state index in [9.17, 15) is 23.1 Å². The van der Waals surface area contributed by atoms with E-state index < -0.39 is 30.0 Å². The zero-order valence-electron chi connectivity index (χ0n) is 14.9. The normalized spacial score (nSPS) is 11.2. The van der Waals surface area contributed by atoms with E-state index in [-0.39, 0.29) is 39.4 Å². The lowest BCUT2D eigenvalue weighted by Gasteiger charge is -2.08. The van der Waals surface area contributed by atoms with Crippen LogP contribution in [0.3, 0.4) is 0 Å². The third-order valence-corrected chi connectivity index (χ3v) is 5.42. The summed E-state index contributed by atoms with van der Waals surface area (Å²) >= 11 is 1.04. The first-order chi connectivity index (χ1) is 13.9. The summed E-state index contributed by atoms with van der Waals surface area (Å²) in [5, 5.41) is 13.8. The highest BCUT2D eigenvalue weighted by Crippen LogP contribution is 2.38. The van der Waals surface area contributed by atoms with Crippen molar-refractivity contribution < 1.29 is 27.5 Å². The summed E-state index contributed by atoms with van der Waals surface area (Å²) in [6.07, 6.45) is 0. The summed E-state index contributed by atoms with van der Waals surface area (Å²) in [5.74, 6) is -3.54. The van der Waals surface area contributed by atoms with Gasteiger partial charge in [0.25, 0.3) is 5.89 Å². The fourth-order valence-electron chi connectivity index (χ4n) is 2.87. The molecule has 0 fully saturated rings. The number of benzene rings is 2. The van der Waals surface area contributed by atoms with Crippen LogP contribution in [0.4, 0.5) is 18.9 Å². The van der Waals surface area contributed by atoms with Crippen LogP contribution < -0.4 is 5.32 Å². The van der Waals surface area contributed by atoms with E-state index >= 15 is 0 Å². The van der Waals surface area contributed by atoms with E-state index in [4.69, 9.17) is 4.42 Å². The van der Waals surface area contributed by atoms with Crippen LogP contribution in [0.2, 0.25) is 0 Å². The first kappa shape index (κ1) is 19.2. The number of halogens is 3. The first-order valence-electron chi connectivity index (χ1n) is 8.42. The lowest BCUT2D eigenvalue weighted by atomic mass is 10.1. The molecule has 29 heavy (non-hydrogen) atoms. The Bertz CT molecular complexity index is 1250. The van der Waals surface area contributed by atoms with Crippen molar-refractivity contribution in [3.05, 3.63) is 70.2 Å². The molecule has 4 rings (SSSR count). The second kappa shape index (κ2) is 7.34. The van der Waals surface area contributed by atoms with E-state index in [1.54, 1.807) is 0 Å². The Balaban J connectivity index is 1.67. The van der Waals surface area contributed by atoms with Gasteiger partial charge >= 0.3 is 5.91 Å². The van der Waals surface area contributed by atoms with Crippen LogP contribution in [0.25, 0.3) is 21.5 Å². The standard InChI is InChI=1S/C20H13F3N2O3S/c1-9-2-4-11(17(23)16(9)22)18-12(7-26)14(8-29-18)24-19(27)20-25-13-6-10(21)3-5-15(13)28-20/h2-6,8,26H,7H2,1H3,(H,24,27). The Kier molecular flexibility index (Phi) is 4.85. The van der Waals surface area contributed by atoms with Gasteiger partial charge in [0.1, 0.15) is 11.3 Å². The molecule has 0 atom stereocenters. The molecule has 0 unspecified atom stereocenters. The van der Waals surface area contributed by atoms with Crippen molar-refractivity contribution in [3.8, 4) is 10.4 Å². The molecule has 2 heterocycles. The number of anilines is 1. The van der Waals surface area contributed by atoms with E-state index in [0.29, 0.717) is 4.88 Å². The van der Waals surface area contributed by atoms with Crippen LogP contribution in [0, 0.1) is 24.4 Å². The molecular weight excluding hydrogens is 405 g/mol. The smallest absolute Gasteiger partial charge is 0.311 e. The number of thiophene rings is 1. The third-order valence-electron chi connectivity index (χ3n) is 4.36. The van der Waals surface area contributed by atoms with Crippen LogP contribution in [-0.2, 0) is 6.61 Å². The molecule has 148 valence electrons. The van der Waals surface area contributed by atoms with Crippen molar-refractivity contribution >= 4 is 34.0 Å². The van der Waals surface area contributed by atoms with Gasteiger partial charge in [0.05, 0.1) is 12.3 Å². The number of aliphatic hydroxyl groups excluding tert-OH is 1. The molecule has 0 bridgehead atoms. The van der Waals surface area contributed by atoms with E-state index in [1.165, 1.54) is 36.6 Å². The summed E-state index contributed by atoms with van der Waals surface area (Å²) in [6.45, 7) is 0.934. The molecule has 2 aromatic carbocycles. The van der Waals surface area contributed by atoms with Gasteiger partial charge in [0.15, 0.2) is 17.2 Å². The number of fused-ring (bicyclic) bond motifs is 1. The van der Waals surface area contributed by atoms with Crippen molar-refractivity contribution in [3.63, 3.8) is 0 Å². The lowest BCUT2D eigenvalue weighted by Crippen LogP contribution is -2.13. The molecule has 0 aliphatic rings. The third kappa shape index (κ3) is 3.39. The van der Waals surface area contributed by atoms with Gasteiger partial charge in [-0.25, -0.2) is 18.2 Å². The van der Waals surface area contributed by atoms with Gasteiger partial charge in [0.2, 0.25) is 0 Å². The summed E-state index contributed by atoms with van der Waals surface area (Å²) in [4.78, 5) is 16.7. The molecule has 0 aliphatic carbocycles. The Morgan fingerprint density at radius 1 is 1.21 bits per heavy atom. The number of hydrogen-bond acceptors (Lipinski definition) is 5. The molecule has 0 saturated carbocycles. The number of nitrogens with zero attached hydrogens (tertiary/aromatic N) is 1. The molecule has 4 aromatic rings. The molecule has 0 aliphatic heterocycles. The number of aromatic nitrogens is 1. The second-order valence-electron chi connectivity index (χ2n) is 6.26. The van der Waals surface area contributed by atoms with Crippen LogP contribution in [0.5, 0.6) is 0 Å². The van der Waals surface area contributed by atoms with E-state index in [2.05, 4.69) is 10.3 Å². The largest absolute Gasteiger partial charge is 0.432 e. The van der Waals surface area contributed by atoms with Crippen molar-refractivity contribution in [2.75, 3.05) is 5.32 Å². The molecular formula is C20H13F3N2O3S. The minimum atomic E-state index is -1.03. The minimum Gasteiger partial charge on any atom is -0.432 e. The fraction of sp³-hybridized carbons (Fsp3) is 0.100. The highest BCUT2D eigenvalue weighted by Gasteiger charge is 2.22. The lowest BCUT2D eigenvalue weighted by molar-refractivity contribution is 0.0992. The molecule has 2 aromatic heterocycles. The van der Waals surface area contributed by atoms with Crippen LogP contribution in [0.15, 0.2) is 40.1 Å². The van der Waals surface area contributed by atoms with Gasteiger partial charge in [-0.05, 0) is 24.6 Å². The number of nitrogens with one attached hydrogen (secondary N) is 1. The number of hydrogen-bond donors (Lipinski definition) is 2. The van der Waals surface area contributed by atoms with Crippen LogP contribution in [0.1, 0.15) is 21.8 Å². The number of carbonyl (C=O) groups excluding carboxylic acids is 1. The minimum absolute atomic E-state index is 0.0139. The van der Waals surface area contributed by atoms with Crippen molar-refractivity contribution in [2.24, 2.45) is 0 Å². The van der Waals surface area contributed by atoms with Gasteiger partial charge in [0, 0.05) is 27.5 Å². The Hall–Kier alpha value is -3.17. The molecule has 9 heteroatoms. The SMILES string of the molecule is Cc1ccc(-c2scc(NC(=O)c3nc4cc(F)ccc4o3)c2CO)c(F)c1F. The van der Waals surface area contributed by atoms with Gasteiger partial charge in [-0.2, -0.15) is 0 Å². The maximum Gasteiger partial charge on any atom is 0.311 e. The van der Waals surface area contributed by atoms with Gasteiger partial charge in [-0.3, -0.25) is 4.79 Å². The molecule has 0 spiro atoms. The predicted octanol–water partition coefficient (Wildman–Crippen LogP) is 5.03. The Labute approximate surface area is 166 Å². The molecule has 0 saturated heterocycles. The summed E-state index contributed by atoms with van der Waals surface area (Å²) in [6, 6.07) is 6.51. The molecule has 2 N–H and O–H groups in total. The maximum absolute atomic E-state index is 14.4. The summed E-state index contributed by atoms with van der Waals surface area (Å²) in [7, 11) is 0. The summed E-state index contributed by atoms with van der Waals surface area (Å²) < 4.78 is 46.9. The number of aryl methyl sites for hydroxylation is 1. The first-order valence-corrected chi connectivity index (χ1v) is 9.30. The molecule has 0 radical (unpaired) electrons. The zero-order chi connectivity index (χ0) is 20.7. The highest BCUT2D eigenvalue weighted by atomic mass is 32.1. The summed E-state index contributed by atoms with van der Waals surface area (Å²) in [5.41, 5.74) is 1.01. The quantitative estimate of drug-likeness (QED) is 0.488. The average Bonchev–Trinajstić information content (AvgIpc) is 3.29. The van der Waals surface area contributed by atoms with Gasteiger partial charge in [-0.1, -0.05) is 12.1 Å². The van der Waals surface area contributed by atoms with Crippen molar-refractivity contribution in [2.45, 2.75) is 13.5 Å². The topological polar surface area (TPSA) is 75.4 Å². The Morgan fingerprint density at radius 2 is 2.00 bits per heavy atom. The number of oxazole rings is 1. The maximum atomic E-state index is 14.4. The zero-order valence-corrected chi connectivity index (χ0v) is 15.7. The van der Waals surface area contributed by atoms with Crippen molar-refractivity contribution in [1.82, 2.24) is 4.98 Å². The van der Waals surface area contributed by atoms with E-state index in [0.717, 1.165) is 17.4 Å². The average molecular weight is 418 g/mol. The monoisotopic (exact) mass is 418 g/mol. The predicted molar refractivity (Wildman–Crippen MR) is 102 cm³/mol. The number of amides is 1. The molecule has 1 amide bonds. The van der Waals surface area contributed by atoms with Crippen LogP contribution >= 0.6 is 11.3 Å². The number of rotatable bonds is 4. The highest BCUT2D eigenvalue weighted by molar-refractivity contribution is 7.14. The number of aliphatic hydroxyl groups is 1. The fourth-order valence-corrected chi connectivity index (χ4v) is 3.90. The number of carbonyl (C=O) groups is 1. The second-order valence-corrected chi connectivity index (χ2v) is 7.14. The van der Waals surface area contributed by atoms with Crippen LogP contribution in [-0.4, -0.2) is 16.0 Å². The van der Waals surface area contributed by atoms with Gasteiger partial charge < -0.3 is 14.8 Å².